The molecular formula is C30H38F3N5O2. The van der Waals surface area contributed by atoms with Crippen molar-refractivity contribution in [1.82, 2.24) is 14.7 Å². The van der Waals surface area contributed by atoms with Crippen LogP contribution in [-0.4, -0.2) is 72.3 Å². The Bertz CT molecular complexity index is 1240. The zero-order chi connectivity index (χ0) is 28.4. The van der Waals surface area contributed by atoms with Crippen LogP contribution in [0.1, 0.15) is 64.7 Å². The standard InChI is InChI=1S/C30H38F3N5O2/c1-20-15-38(19-28(34)39)18-24-13-22(6-8-26(20)24)29(40)35-25-7-5-23(27(14-25)30(31,32)33)17-37-11-9-36(10-12-37)16-21-3-2-4-21/h5-8,13-14,20-21H,2-4,9-12,15-19H2,1H3,(H2,34,39)(H,35,40)/t20-/m0/s1. The van der Waals surface area contributed by atoms with Crippen molar-refractivity contribution in [2.45, 2.75) is 51.4 Å². The van der Waals surface area contributed by atoms with Gasteiger partial charge in [-0.3, -0.25) is 19.4 Å². The number of primary amides is 1. The number of rotatable bonds is 8. The van der Waals surface area contributed by atoms with E-state index in [1.807, 2.05) is 17.9 Å². The summed E-state index contributed by atoms with van der Waals surface area (Å²) in [7, 11) is 0. The highest BCUT2D eigenvalue weighted by Gasteiger charge is 2.35. The third kappa shape index (κ3) is 6.85. The maximum absolute atomic E-state index is 14.1. The van der Waals surface area contributed by atoms with Crippen molar-refractivity contribution in [3.05, 3.63) is 64.2 Å². The van der Waals surface area contributed by atoms with Gasteiger partial charge in [-0.25, -0.2) is 0 Å². The van der Waals surface area contributed by atoms with Gasteiger partial charge in [0.05, 0.1) is 12.1 Å². The third-order valence-electron chi connectivity index (χ3n) is 8.51. The number of amides is 2. The van der Waals surface area contributed by atoms with E-state index in [-0.39, 0.29) is 30.3 Å². The smallest absolute Gasteiger partial charge is 0.369 e. The van der Waals surface area contributed by atoms with Gasteiger partial charge in [0.1, 0.15) is 0 Å². The van der Waals surface area contributed by atoms with Crippen LogP contribution in [0.2, 0.25) is 0 Å². The molecule has 2 aromatic rings. The van der Waals surface area contributed by atoms with E-state index in [4.69, 9.17) is 5.73 Å². The molecule has 3 N–H and O–H groups in total. The fourth-order valence-corrected chi connectivity index (χ4v) is 6.17. The van der Waals surface area contributed by atoms with Gasteiger partial charge in [-0.1, -0.05) is 25.5 Å². The lowest BCUT2D eigenvalue weighted by molar-refractivity contribution is -0.138. The predicted molar refractivity (Wildman–Crippen MR) is 148 cm³/mol. The number of alkyl halides is 3. The molecule has 0 spiro atoms. The molecule has 0 radical (unpaired) electrons. The van der Waals surface area contributed by atoms with Crippen LogP contribution in [-0.2, 0) is 24.1 Å². The molecule has 2 amide bonds. The second kappa shape index (κ2) is 11.9. The number of hydrogen-bond donors (Lipinski definition) is 2. The van der Waals surface area contributed by atoms with E-state index in [0.717, 1.165) is 55.8 Å². The zero-order valence-electron chi connectivity index (χ0n) is 23.0. The highest BCUT2D eigenvalue weighted by Crippen LogP contribution is 2.35. The molecule has 0 aromatic heterocycles. The largest absolute Gasteiger partial charge is 0.416 e. The van der Waals surface area contributed by atoms with Gasteiger partial charge in [-0.2, -0.15) is 13.2 Å². The van der Waals surface area contributed by atoms with Gasteiger partial charge < -0.3 is 16.0 Å². The third-order valence-corrected chi connectivity index (χ3v) is 8.51. The summed E-state index contributed by atoms with van der Waals surface area (Å²) in [6, 6.07) is 9.39. The summed E-state index contributed by atoms with van der Waals surface area (Å²) in [5.41, 5.74) is 7.31. The number of anilines is 1. The number of piperazine rings is 1. The van der Waals surface area contributed by atoms with Crippen molar-refractivity contribution in [1.29, 1.82) is 0 Å². The molecule has 7 nitrogen and oxygen atoms in total. The van der Waals surface area contributed by atoms with Gasteiger partial charge in [0.15, 0.2) is 0 Å². The van der Waals surface area contributed by atoms with Crippen LogP contribution in [0, 0.1) is 5.92 Å². The first-order chi connectivity index (χ1) is 19.0. The number of nitrogens with one attached hydrogen (secondary N) is 1. The van der Waals surface area contributed by atoms with Crippen LogP contribution in [0.3, 0.4) is 0 Å². The second-order valence-electron chi connectivity index (χ2n) is 11.6. The van der Waals surface area contributed by atoms with E-state index in [2.05, 4.69) is 15.1 Å². The van der Waals surface area contributed by atoms with Crippen molar-refractivity contribution < 1.29 is 22.8 Å². The number of fused-ring (bicyclic) bond motifs is 1. The van der Waals surface area contributed by atoms with Gasteiger partial charge in [-0.05, 0) is 65.6 Å². The van der Waals surface area contributed by atoms with Crippen LogP contribution in [0.25, 0.3) is 0 Å². The van der Waals surface area contributed by atoms with Gasteiger partial charge in [0.2, 0.25) is 5.91 Å². The fraction of sp³-hybridized carbons (Fsp3) is 0.533. The summed E-state index contributed by atoms with van der Waals surface area (Å²) in [4.78, 5) is 30.9. The van der Waals surface area contributed by atoms with Crippen LogP contribution in [0.15, 0.2) is 36.4 Å². The van der Waals surface area contributed by atoms with Crippen LogP contribution >= 0.6 is 0 Å². The normalized spacial score (nSPS) is 21.1. The number of carbonyl (C=O) groups is 2. The first-order valence-electron chi connectivity index (χ1n) is 14.1. The molecule has 1 atom stereocenters. The Labute approximate surface area is 233 Å². The maximum atomic E-state index is 14.1. The second-order valence-corrected chi connectivity index (χ2v) is 11.6. The number of nitrogens with two attached hydrogens (primary N) is 1. The quantitative estimate of drug-likeness (QED) is 0.507. The lowest BCUT2D eigenvalue weighted by Crippen LogP contribution is -2.48. The Balaban J connectivity index is 1.25. The molecule has 40 heavy (non-hydrogen) atoms. The molecule has 1 saturated carbocycles. The van der Waals surface area contributed by atoms with Crippen molar-refractivity contribution in [3.8, 4) is 0 Å². The average molecular weight is 558 g/mol. The summed E-state index contributed by atoms with van der Waals surface area (Å²) < 4.78 is 42.2. The minimum atomic E-state index is -4.53. The zero-order valence-corrected chi connectivity index (χ0v) is 23.0. The van der Waals surface area contributed by atoms with Crippen molar-refractivity contribution in [3.63, 3.8) is 0 Å². The predicted octanol–water partition coefficient (Wildman–Crippen LogP) is 4.28. The maximum Gasteiger partial charge on any atom is 0.416 e. The van der Waals surface area contributed by atoms with Crippen molar-refractivity contribution >= 4 is 17.5 Å². The van der Waals surface area contributed by atoms with Crippen molar-refractivity contribution in [2.24, 2.45) is 11.7 Å². The molecule has 1 saturated heterocycles. The van der Waals surface area contributed by atoms with Gasteiger partial charge in [0, 0.05) is 63.6 Å². The van der Waals surface area contributed by atoms with E-state index in [1.165, 1.54) is 25.3 Å². The van der Waals surface area contributed by atoms with Crippen LogP contribution in [0.4, 0.5) is 18.9 Å². The number of nitrogens with zero attached hydrogens (tertiary/aromatic N) is 3. The van der Waals surface area contributed by atoms with E-state index in [0.29, 0.717) is 18.7 Å². The van der Waals surface area contributed by atoms with Crippen molar-refractivity contribution in [2.75, 3.05) is 51.1 Å². The monoisotopic (exact) mass is 557 g/mol. The Kier molecular flexibility index (Phi) is 8.49. The van der Waals surface area contributed by atoms with Crippen LogP contribution in [0.5, 0.6) is 0 Å². The fourth-order valence-electron chi connectivity index (χ4n) is 6.17. The number of carbonyl (C=O) groups excluding carboxylic acids is 2. The highest BCUT2D eigenvalue weighted by molar-refractivity contribution is 6.04. The number of benzene rings is 2. The SMILES string of the molecule is C[C@H]1CN(CC(N)=O)Cc2cc(C(=O)Nc3ccc(CN4CCN(CC5CCC5)CC4)c(C(F)(F)F)c3)ccc21. The Hall–Kier alpha value is -2.95. The Morgan fingerprint density at radius 2 is 1.73 bits per heavy atom. The molecular weight excluding hydrogens is 519 g/mol. The molecule has 2 aliphatic heterocycles. The molecule has 1 aliphatic carbocycles. The molecule has 3 aliphatic rings. The Morgan fingerprint density at radius 1 is 1.00 bits per heavy atom. The molecule has 2 aromatic carbocycles. The van der Waals surface area contributed by atoms with E-state index < -0.39 is 23.6 Å². The summed E-state index contributed by atoms with van der Waals surface area (Å²) in [5, 5.41) is 2.65. The highest BCUT2D eigenvalue weighted by atomic mass is 19.4. The minimum absolute atomic E-state index is 0.104. The van der Waals surface area contributed by atoms with E-state index in [9.17, 15) is 22.8 Å². The summed E-state index contributed by atoms with van der Waals surface area (Å²) in [6.07, 6.45) is -0.641. The molecule has 5 rings (SSSR count). The number of halogens is 3. The number of hydrogen-bond acceptors (Lipinski definition) is 5. The first kappa shape index (κ1) is 28.6. The van der Waals surface area contributed by atoms with Gasteiger partial charge in [0.25, 0.3) is 5.91 Å². The molecule has 0 bridgehead atoms. The lowest BCUT2D eigenvalue weighted by atomic mass is 9.85. The average Bonchev–Trinajstić information content (AvgIpc) is 2.86. The van der Waals surface area contributed by atoms with E-state index >= 15 is 0 Å². The summed E-state index contributed by atoms with van der Waals surface area (Å²) in [6.45, 7) is 7.92. The van der Waals surface area contributed by atoms with Gasteiger partial charge >= 0.3 is 6.18 Å². The summed E-state index contributed by atoms with van der Waals surface area (Å²) >= 11 is 0. The minimum Gasteiger partial charge on any atom is -0.369 e. The molecule has 216 valence electrons. The first-order valence-corrected chi connectivity index (χ1v) is 14.1. The summed E-state index contributed by atoms with van der Waals surface area (Å²) in [5.74, 6) is 0.0472. The molecule has 2 fully saturated rings. The lowest BCUT2D eigenvalue weighted by Gasteiger charge is -2.38. The van der Waals surface area contributed by atoms with E-state index in [1.54, 1.807) is 18.2 Å². The topological polar surface area (TPSA) is 81.9 Å². The van der Waals surface area contributed by atoms with Gasteiger partial charge in [-0.15, -0.1) is 0 Å². The Morgan fingerprint density at radius 3 is 2.38 bits per heavy atom. The molecule has 0 unspecified atom stereocenters. The molecule has 10 heteroatoms. The van der Waals surface area contributed by atoms with Crippen LogP contribution < -0.4 is 11.1 Å². The molecule has 2 heterocycles.